The van der Waals surface area contributed by atoms with Crippen LogP contribution in [0.15, 0.2) is 53.5 Å². The van der Waals surface area contributed by atoms with Gasteiger partial charge in [0.15, 0.2) is 0 Å². The molecule has 0 radical (unpaired) electrons. The van der Waals surface area contributed by atoms with Crippen LogP contribution in [0.5, 0.6) is 0 Å². The topological polar surface area (TPSA) is 21.6 Å². The Balaban J connectivity index is 2.30. The largest absolute Gasteiger partial charge is 0.481 e. The predicted molar refractivity (Wildman–Crippen MR) is 76.1 cm³/mol. The number of benzene rings is 2. The summed E-state index contributed by atoms with van der Waals surface area (Å²) in [6.45, 7) is 2.09. The van der Waals surface area contributed by atoms with E-state index in [0.29, 0.717) is 5.90 Å². The van der Waals surface area contributed by atoms with Crippen molar-refractivity contribution in [2.24, 2.45) is 4.99 Å². The van der Waals surface area contributed by atoms with Crippen LogP contribution in [0.3, 0.4) is 0 Å². The molecule has 0 aromatic heterocycles. The summed E-state index contributed by atoms with van der Waals surface area (Å²) in [6, 6.07) is 16.7. The Labute approximate surface area is 108 Å². The van der Waals surface area contributed by atoms with E-state index in [0.717, 1.165) is 5.56 Å². The van der Waals surface area contributed by atoms with Crippen molar-refractivity contribution in [2.75, 3.05) is 14.2 Å². The fourth-order valence-electron chi connectivity index (χ4n) is 1.89. The molecule has 0 aliphatic heterocycles. The fourth-order valence-corrected chi connectivity index (χ4v) is 1.89. The van der Waals surface area contributed by atoms with Crippen molar-refractivity contribution in [1.29, 1.82) is 0 Å². The molecule has 2 rings (SSSR count). The maximum absolute atomic E-state index is 5.20. The number of rotatable bonds is 2. The zero-order valence-electron chi connectivity index (χ0n) is 11.0. The SMILES string of the molecule is CN=C(OC)c1ccc(-c2ccc(C)cc2)cc1. The van der Waals surface area contributed by atoms with Crippen LogP contribution in [0.2, 0.25) is 0 Å². The Morgan fingerprint density at radius 2 is 1.39 bits per heavy atom. The Kier molecular flexibility index (Phi) is 3.78. The van der Waals surface area contributed by atoms with Crippen LogP contribution in [0.1, 0.15) is 11.1 Å². The van der Waals surface area contributed by atoms with Crippen LogP contribution in [-0.4, -0.2) is 20.1 Å². The molecule has 0 N–H and O–H groups in total. The highest BCUT2D eigenvalue weighted by molar-refractivity contribution is 5.94. The maximum atomic E-state index is 5.20. The molecule has 92 valence electrons. The van der Waals surface area contributed by atoms with Crippen LogP contribution in [0.25, 0.3) is 11.1 Å². The quantitative estimate of drug-likeness (QED) is 0.578. The first-order valence-electron chi connectivity index (χ1n) is 5.93. The molecule has 0 atom stereocenters. The first kappa shape index (κ1) is 12.4. The summed E-state index contributed by atoms with van der Waals surface area (Å²) in [5, 5.41) is 0. The van der Waals surface area contributed by atoms with E-state index in [2.05, 4.69) is 48.3 Å². The zero-order chi connectivity index (χ0) is 13.0. The molecule has 2 aromatic rings. The smallest absolute Gasteiger partial charge is 0.215 e. The van der Waals surface area contributed by atoms with Crippen molar-refractivity contribution < 1.29 is 4.74 Å². The van der Waals surface area contributed by atoms with Crippen molar-refractivity contribution >= 4 is 5.90 Å². The highest BCUT2D eigenvalue weighted by Gasteiger charge is 2.03. The molecule has 2 heteroatoms. The molecule has 0 bridgehead atoms. The second-order valence-corrected chi connectivity index (χ2v) is 4.18. The van der Waals surface area contributed by atoms with Gasteiger partial charge in [-0.25, -0.2) is 0 Å². The van der Waals surface area contributed by atoms with Crippen molar-refractivity contribution in [3.8, 4) is 11.1 Å². The minimum absolute atomic E-state index is 0.658. The van der Waals surface area contributed by atoms with Crippen molar-refractivity contribution in [2.45, 2.75) is 6.92 Å². The van der Waals surface area contributed by atoms with Crippen LogP contribution < -0.4 is 0 Å². The monoisotopic (exact) mass is 239 g/mol. The lowest BCUT2D eigenvalue weighted by Gasteiger charge is -2.06. The molecule has 0 unspecified atom stereocenters. The number of hydrogen-bond acceptors (Lipinski definition) is 2. The van der Waals surface area contributed by atoms with E-state index in [1.807, 2.05) is 12.1 Å². The number of aryl methyl sites for hydroxylation is 1. The van der Waals surface area contributed by atoms with Crippen molar-refractivity contribution in [3.63, 3.8) is 0 Å². The highest BCUT2D eigenvalue weighted by Crippen LogP contribution is 2.20. The van der Waals surface area contributed by atoms with Gasteiger partial charge in [0, 0.05) is 12.6 Å². The van der Waals surface area contributed by atoms with Gasteiger partial charge < -0.3 is 4.74 Å². The summed E-state index contributed by atoms with van der Waals surface area (Å²) in [7, 11) is 3.36. The van der Waals surface area contributed by atoms with Gasteiger partial charge in [-0.2, -0.15) is 0 Å². The van der Waals surface area contributed by atoms with Gasteiger partial charge in [0.1, 0.15) is 0 Å². The van der Waals surface area contributed by atoms with E-state index in [1.165, 1.54) is 16.7 Å². The molecule has 2 nitrogen and oxygen atoms in total. The first-order chi connectivity index (χ1) is 8.74. The molecular formula is C16H17NO. The first-order valence-corrected chi connectivity index (χ1v) is 5.93. The van der Waals surface area contributed by atoms with Gasteiger partial charge in [-0.05, 0) is 30.2 Å². The average Bonchev–Trinajstić information content (AvgIpc) is 2.42. The minimum Gasteiger partial charge on any atom is -0.481 e. The fraction of sp³-hybridized carbons (Fsp3) is 0.188. The van der Waals surface area contributed by atoms with Gasteiger partial charge >= 0.3 is 0 Å². The summed E-state index contributed by atoms with van der Waals surface area (Å²) in [5.41, 5.74) is 4.69. The highest BCUT2D eigenvalue weighted by atomic mass is 16.5. The lowest BCUT2D eigenvalue weighted by Crippen LogP contribution is -2.02. The van der Waals surface area contributed by atoms with Crippen molar-refractivity contribution in [3.05, 3.63) is 59.7 Å². The summed E-state index contributed by atoms with van der Waals surface area (Å²) in [6.07, 6.45) is 0. The molecular weight excluding hydrogens is 222 g/mol. The van der Waals surface area contributed by atoms with E-state index in [1.54, 1.807) is 14.2 Å². The molecule has 0 aliphatic carbocycles. The molecule has 0 saturated carbocycles. The molecule has 0 saturated heterocycles. The van der Waals surface area contributed by atoms with E-state index >= 15 is 0 Å². The van der Waals surface area contributed by atoms with Crippen LogP contribution in [-0.2, 0) is 4.74 Å². The third-order valence-electron chi connectivity index (χ3n) is 2.91. The van der Waals surface area contributed by atoms with Gasteiger partial charge in [0.2, 0.25) is 5.90 Å². The van der Waals surface area contributed by atoms with Crippen LogP contribution in [0.4, 0.5) is 0 Å². The number of hydrogen-bond donors (Lipinski definition) is 0. The molecule has 0 spiro atoms. The Morgan fingerprint density at radius 1 is 0.889 bits per heavy atom. The van der Waals surface area contributed by atoms with E-state index in [-0.39, 0.29) is 0 Å². The second kappa shape index (κ2) is 5.50. The third kappa shape index (κ3) is 2.59. The summed E-state index contributed by atoms with van der Waals surface area (Å²) in [5.74, 6) is 0.658. The zero-order valence-corrected chi connectivity index (χ0v) is 11.0. The van der Waals surface area contributed by atoms with Gasteiger partial charge in [-0.15, -0.1) is 0 Å². The van der Waals surface area contributed by atoms with E-state index < -0.39 is 0 Å². The predicted octanol–water partition coefficient (Wildman–Crippen LogP) is 3.68. The lowest BCUT2D eigenvalue weighted by atomic mass is 10.0. The number of nitrogens with zero attached hydrogens (tertiary/aromatic N) is 1. The molecule has 2 aromatic carbocycles. The number of aliphatic imine (C=N–C) groups is 1. The molecule has 18 heavy (non-hydrogen) atoms. The van der Waals surface area contributed by atoms with Crippen LogP contribution in [0, 0.1) is 6.92 Å². The van der Waals surface area contributed by atoms with Gasteiger partial charge in [-0.1, -0.05) is 42.0 Å². The summed E-state index contributed by atoms with van der Waals surface area (Å²) >= 11 is 0. The van der Waals surface area contributed by atoms with Gasteiger partial charge in [-0.3, -0.25) is 4.99 Å². The summed E-state index contributed by atoms with van der Waals surface area (Å²) in [4.78, 5) is 4.09. The van der Waals surface area contributed by atoms with Gasteiger partial charge in [0.25, 0.3) is 0 Å². The van der Waals surface area contributed by atoms with Gasteiger partial charge in [0.05, 0.1) is 7.11 Å². The third-order valence-corrected chi connectivity index (χ3v) is 2.91. The van der Waals surface area contributed by atoms with E-state index in [9.17, 15) is 0 Å². The standard InChI is InChI=1S/C16H17NO/c1-12-4-6-13(7-5-12)14-8-10-15(11-9-14)16(17-2)18-3/h4-11H,1-3H3. The van der Waals surface area contributed by atoms with Crippen LogP contribution >= 0.6 is 0 Å². The normalized spacial score (nSPS) is 11.4. The van der Waals surface area contributed by atoms with Crippen molar-refractivity contribution in [1.82, 2.24) is 0 Å². The molecule has 0 aliphatic rings. The molecule has 0 fully saturated rings. The van der Waals surface area contributed by atoms with E-state index in [4.69, 9.17) is 4.74 Å². The number of ether oxygens (including phenoxy) is 1. The summed E-state index contributed by atoms with van der Waals surface area (Å²) < 4.78 is 5.20. The maximum Gasteiger partial charge on any atom is 0.215 e. The molecule has 0 heterocycles. The lowest BCUT2D eigenvalue weighted by molar-refractivity contribution is 0.404. The Bertz CT molecular complexity index is 538. The number of methoxy groups -OCH3 is 1. The molecule has 0 amide bonds. The average molecular weight is 239 g/mol. The Hall–Kier alpha value is -2.09. The minimum atomic E-state index is 0.658. The Morgan fingerprint density at radius 3 is 1.83 bits per heavy atom. The second-order valence-electron chi connectivity index (χ2n) is 4.18.